The third-order valence-electron chi connectivity index (χ3n) is 7.64. The van der Waals surface area contributed by atoms with Gasteiger partial charge in [-0.3, -0.25) is 24.0 Å². The molecule has 10 nitrogen and oxygen atoms in total. The molecule has 2 N–H and O–H groups in total. The Morgan fingerprint density at radius 1 is 0.949 bits per heavy atom. The van der Waals surface area contributed by atoms with Crippen molar-refractivity contribution in [2.75, 3.05) is 31.1 Å². The first-order valence-electron chi connectivity index (χ1n) is 14.1. The number of fused-ring (bicyclic) bond motifs is 1. The Labute approximate surface area is 231 Å². The summed E-state index contributed by atoms with van der Waals surface area (Å²) in [6, 6.07) is 4.65. The number of anilines is 1. The van der Waals surface area contributed by atoms with Crippen molar-refractivity contribution in [3.05, 3.63) is 29.8 Å². The molecule has 2 fully saturated rings. The summed E-state index contributed by atoms with van der Waals surface area (Å²) in [6.07, 6.45) is 1.30. The molecule has 214 valence electrons. The minimum Gasteiger partial charge on any atom is -0.372 e. The molecule has 3 rings (SSSR count). The van der Waals surface area contributed by atoms with Gasteiger partial charge in [-0.1, -0.05) is 20.8 Å². The van der Waals surface area contributed by atoms with Crippen LogP contribution in [0.1, 0.15) is 71.2 Å². The predicted molar refractivity (Wildman–Crippen MR) is 149 cm³/mol. The number of Topliss-reactive ketones (excluding diaryl/α,β-unsaturated/α-hetero) is 1. The van der Waals surface area contributed by atoms with Crippen LogP contribution < -0.4 is 15.5 Å². The van der Waals surface area contributed by atoms with Crippen LogP contribution in [0.15, 0.2) is 24.3 Å². The van der Waals surface area contributed by atoms with E-state index in [4.69, 9.17) is 0 Å². The molecule has 0 bridgehead atoms. The van der Waals surface area contributed by atoms with E-state index in [1.165, 1.54) is 16.7 Å². The van der Waals surface area contributed by atoms with Gasteiger partial charge in [-0.2, -0.15) is 0 Å². The van der Waals surface area contributed by atoms with Gasteiger partial charge in [-0.05, 0) is 63.3 Å². The monoisotopic (exact) mass is 541 g/mol. The summed E-state index contributed by atoms with van der Waals surface area (Å²) in [6.45, 7) is 13.2. The van der Waals surface area contributed by atoms with E-state index in [0.29, 0.717) is 31.4 Å². The summed E-state index contributed by atoms with van der Waals surface area (Å²) < 4.78 is 0. The second kappa shape index (κ2) is 13.1. The highest BCUT2D eigenvalue weighted by molar-refractivity contribution is 6.01. The molecule has 4 unspecified atom stereocenters. The van der Waals surface area contributed by atoms with Crippen molar-refractivity contribution >= 4 is 35.1 Å². The van der Waals surface area contributed by atoms with Crippen LogP contribution >= 0.6 is 0 Å². The number of amides is 4. The van der Waals surface area contributed by atoms with Crippen LogP contribution in [0.3, 0.4) is 0 Å². The second-order valence-electron chi connectivity index (χ2n) is 10.8. The summed E-state index contributed by atoms with van der Waals surface area (Å²) in [5.41, 5.74) is 1.49. The fourth-order valence-corrected chi connectivity index (χ4v) is 5.69. The summed E-state index contributed by atoms with van der Waals surface area (Å²) in [5, 5.41) is 5.57. The van der Waals surface area contributed by atoms with E-state index in [9.17, 15) is 24.0 Å². The Kier molecular flexibility index (Phi) is 10.1. The van der Waals surface area contributed by atoms with Gasteiger partial charge in [0.15, 0.2) is 5.78 Å². The summed E-state index contributed by atoms with van der Waals surface area (Å²) >= 11 is 0. The van der Waals surface area contributed by atoms with Gasteiger partial charge in [-0.15, -0.1) is 0 Å². The molecule has 2 saturated heterocycles. The molecule has 2 aliphatic rings. The topological polar surface area (TPSA) is 119 Å². The molecule has 0 saturated carbocycles. The van der Waals surface area contributed by atoms with E-state index in [1.54, 1.807) is 19.1 Å². The van der Waals surface area contributed by atoms with Gasteiger partial charge < -0.3 is 25.3 Å². The molecule has 2 heterocycles. The smallest absolute Gasteiger partial charge is 0.251 e. The molecule has 0 aromatic heterocycles. The number of benzene rings is 1. The molecular weight excluding hydrogens is 498 g/mol. The van der Waals surface area contributed by atoms with Crippen molar-refractivity contribution in [1.82, 2.24) is 20.4 Å². The molecule has 0 aliphatic carbocycles. The Hall–Kier alpha value is -3.43. The van der Waals surface area contributed by atoms with Gasteiger partial charge >= 0.3 is 0 Å². The van der Waals surface area contributed by atoms with Crippen LogP contribution in [-0.2, 0) is 19.2 Å². The van der Waals surface area contributed by atoms with Crippen molar-refractivity contribution in [3.63, 3.8) is 0 Å². The molecule has 2 aliphatic heterocycles. The van der Waals surface area contributed by atoms with Crippen molar-refractivity contribution in [3.8, 4) is 0 Å². The molecule has 1 aromatic rings. The third-order valence-corrected chi connectivity index (χ3v) is 7.64. The van der Waals surface area contributed by atoms with E-state index < -0.39 is 24.2 Å². The first kappa shape index (κ1) is 30.1. The second-order valence-corrected chi connectivity index (χ2v) is 10.8. The Balaban J connectivity index is 1.75. The van der Waals surface area contributed by atoms with Crippen LogP contribution in [0.5, 0.6) is 0 Å². The number of likely N-dealkylation sites (tertiary alicyclic amines) is 2. The van der Waals surface area contributed by atoms with Crippen LogP contribution in [0, 0.1) is 5.92 Å². The molecule has 0 radical (unpaired) electrons. The number of ketones is 1. The minimum atomic E-state index is -0.793. The quantitative estimate of drug-likeness (QED) is 0.442. The Morgan fingerprint density at radius 2 is 1.56 bits per heavy atom. The van der Waals surface area contributed by atoms with Crippen molar-refractivity contribution in [2.45, 2.75) is 85.0 Å². The molecule has 10 heteroatoms. The number of nitrogens with zero attached hydrogens (tertiary/aromatic N) is 3. The highest BCUT2D eigenvalue weighted by Crippen LogP contribution is 2.31. The van der Waals surface area contributed by atoms with Crippen molar-refractivity contribution in [1.29, 1.82) is 0 Å². The number of carbonyl (C=O) groups is 5. The minimum absolute atomic E-state index is 0.0892. The number of nitrogens with one attached hydrogen (secondary N) is 2. The predicted octanol–water partition coefficient (Wildman–Crippen LogP) is 1.97. The first-order chi connectivity index (χ1) is 18.5. The fourth-order valence-electron chi connectivity index (χ4n) is 5.69. The SMILES string of the molecule is CCC(NC(C)=O)C(=O)N1CC(=O)C2C1CCN2C(=O)C(CC(C)C)NC(=O)c1ccc(N(CC)CC)cc1. The molecule has 4 amide bonds. The van der Waals surface area contributed by atoms with Gasteiger partial charge in [0.2, 0.25) is 17.7 Å². The zero-order valence-electron chi connectivity index (χ0n) is 24.0. The van der Waals surface area contributed by atoms with Crippen molar-refractivity contribution in [2.24, 2.45) is 5.92 Å². The highest BCUT2D eigenvalue weighted by Gasteiger charge is 2.52. The fraction of sp³-hybridized carbons (Fsp3) is 0.621. The maximum absolute atomic E-state index is 13.8. The van der Waals surface area contributed by atoms with E-state index in [1.807, 2.05) is 26.0 Å². The largest absolute Gasteiger partial charge is 0.372 e. The normalized spacial score (nSPS) is 20.0. The molecular formula is C29H43N5O5. The van der Waals surface area contributed by atoms with Gasteiger partial charge in [0.05, 0.1) is 12.6 Å². The van der Waals surface area contributed by atoms with E-state index in [-0.39, 0.29) is 41.9 Å². The zero-order chi connectivity index (χ0) is 28.9. The average molecular weight is 542 g/mol. The summed E-state index contributed by atoms with van der Waals surface area (Å²) in [7, 11) is 0. The molecule has 1 aromatic carbocycles. The Bertz CT molecular complexity index is 1070. The average Bonchev–Trinajstić information content (AvgIpc) is 3.48. The van der Waals surface area contributed by atoms with Crippen molar-refractivity contribution < 1.29 is 24.0 Å². The molecule has 4 atom stereocenters. The lowest BCUT2D eigenvalue weighted by Crippen LogP contribution is -2.53. The maximum atomic E-state index is 13.8. The van der Waals surface area contributed by atoms with Crippen LogP contribution in [-0.4, -0.2) is 89.6 Å². The van der Waals surface area contributed by atoms with E-state index in [0.717, 1.165) is 18.8 Å². The van der Waals surface area contributed by atoms with Crippen LogP contribution in [0.25, 0.3) is 0 Å². The van der Waals surface area contributed by atoms with Gasteiger partial charge in [-0.25, -0.2) is 0 Å². The third kappa shape index (κ3) is 6.78. The first-order valence-corrected chi connectivity index (χ1v) is 14.1. The maximum Gasteiger partial charge on any atom is 0.251 e. The van der Waals surface area contributed by atoms with Gasteiger partial charge in [0, 0.05) is 37.8 Å². The number of hydrogen-bond donors (Lipinski definition) is 2. The molecule has 39 heavy (non-hydrogen) atoms. The lowest BCUT2D eigenvalue weighted by atomic mass is 10.0. The summed E-state index contributed by atoms with van der Waals surface area (Å²) in [4.78, 5) is 69.9. The number of carbonyl (C=O) groups excluding carboxylic acids is 5. The van der Waals surface area contributed by atoms with Gasteiger partial charge in [0.25, 0.3) is 5.91 Å². The van der Waals surface area contributed by atoms with Gasteiger partial charge in [0.1, 0.15) is 18.1 Å². The van der Waals surface area contributed by atoms with Crippen LogP contribution in [0.4, 0.5) is 5.69 Å². The summed E-state index contributed by atoms with van der Waals surface area (Å²) in [5.74, 6) is -1.33. The number of rotatable bonds is 11. The lowest BCUT2D eigenvalue weighted by Gasteiger charge is -2.30. The number of hydrogen-bond acceptors (Lipinski definition) is 6. The zero-order valence-corrected chi connectivity index (χ0v) is 24.0. The van der Waals surface area contributed by atoms with E-state index in [2.05, 4.69) is 29.4 Å². The molecule has 0 spiro atoms. The highest BCUT2D eigenvalue weighted by atomic mass is 16.2. The van der Waals surface area contributed by atoms with Crippen LogP contribution in [0.2, 0.25) is 0 Å². The standard InChI is InChI=1S/C29H43N5O5/c1-7-22(30-19(6)35)28(38)34-17-25(36)26-24(34)14-15-33(26)29(39)23(16-18(4)5)31-27(37)20-10-12-21(13-11-20)32(8-2)9-3/h10-13,18,22-24,26H,7-9,14-17H2,1-6H3,(H,30,35)(H,31,37). The Morgan fingerprint density at radius 3 is 2.10 bits per heavy atom. The lowest BCUT2D eigenvalue weighted by molar-refractivity contribution is -0.138. The van der Waals surface area contributed by atoms with E-state index >= 15 is 0 Å².